The van der Waals surface area contributed by atoms with E-state index in [2.05, 4.69) is 36.8 Å². The van der Waals surface area contributed by atoms with Gasteiger partial charge in [0.25, 0.3) is 0 Å². The summed E-state index contributed by atoms with van der Waals surface area (Å²) < 4.78 is 34.3. The monoisotopic (exact) mass is 595 g/mol. The Hall–Kier alpha value is -1.41. The van der Waals surface area contributed by atoms with Crippen LogP contribution in [0.25, 0.3) is 10.9 Å². The number of aromatic amines is 1. The molecule has 0 bridgehead atoms. The maximum Gasteiger partial charge on any atom is 0.335 e. The van der Waals surface area contributed by atoms with Crippen LogP contribution in [0.5, 0.6) is 11.5 Å². The molecule has 184 valence electrons. The molecule has 0 aliphatic carbocycles. The molecule has 1 saturated heterocycles. The molecule has 0 radical (unpaired) electrons. The number of rotatable bonds is 12. The van der Waals surface area contributed by atoms with Gasteiger partial charge >= 0.3 is 5.97 Å². The summed E-state index contributed by atoms with van der Waals surface area (Å²) in [5.74, 6) is 0.502. The molecule has 0 unspecified atom stereocenters. The van der Waals surface area contributed by atoms with Crippen molar-refractivity contribution in [2.75, 3.05) is 46.8 Å². The van der Waals surface area contributed by atoms with Gasteiger partial charge in [0.15, 0.2) is 6.10 Å². The highest BCUT2D eigenvalue weighted by Crippen LogP contribution is 2.44. The summed E-state index contributed by atoms with van der Waals surface area (Å²) in [4.78, 5) is 15.0. The molecule has 0 spiro atoms. The summed E-state index contributed by atoms with van der Waals surface area (Å²) in [6.07, 6.45) is -0.401. The van der Waals surface area contributed by atoms with Gasteiger partial charge < -0.3 is 43.6 Å². The predicted molar refractivity (Wildman–Crippen MR) is 124 cm³/mol. The molecule has 33 heavy (non-hydrogen) atoms. The van der Waals surface area contributed by atoms with Crippen molar-refractivity contribution in [3.63, 3.8) is 0 Å². The first-order valence-corrected chi connectivity index (χ1v) is 12.0. The number of aromatic nitrogens is 1. The normalized spacial score (nSPS) is 20.7. The van der Waals surface area contributed by atoms with Gasteiger partial charge in [-0.15, -0.1) is 0 Å². The third kappa shape index (κ3) is 7.04. The third-order valence-electron chi connectivity index (χ3n) is 4.85. The lowest BCUT2D eigenvalue weighted by atomic mass is 10.1. The number of carbonyl (C=O) groups excluding carboxylic acids is 1. The van der Waals surface area contributed by atoms with E-state index in [4.69, 9.17) is 33.5 Å². The minimum Gasteiger partial charge on any atom is -0.489 e. The molecule has 12 heteroatoms. The Bertz CT molecular complexity index is 923. The zero-order chi connectivity index (χ0) is 23.8. The Balaban J connectivity index is 1.65. The second kappa shape index (κ2) is 12.9. The lowest BCUT2D eigenvalue weighted by Gasteiger charge is -2.31. The minimum absolute atomic E-state index is 0.0161. The molecule has 3 atom stereocenters. The maximum atomic E-state index is 11.8. The molecule has 1 aliphatic heterocycles. The maximum absolute atomic E-state index is 11.8. The van der Waals surface area contributed by atoms with Crippen LogP contribution in [-0.2, 0) is 23.7 Å². The number of halogens is 2. The van der Waals surface area contributed by atoms with E-state index in [1.165, 1.54) is 7.11 Å². The zero-order valence-electron chi connectivity index (χ0n) is 18.1. The number of ether oxygens (including phenoxy) is 6. The number of fused-ring (bicyclic) bond motifs is 1. The van der Waals surface area contributed by atoms with Crippen LogP contribution in [0.1, 0.15) is 12.8 Å². The fourth-order valence-electron chi connectivity index (χ4n) is 3.35. The van der Waals surface area contributed by atoms with Crippen molar-refractivity contribution in [3.8, 4) is 11.5 Å². The first kappa shape index (κ1) is 26.2. The third-order valence-corrected chi connectivity index (χ3v) is 6.20. The topological polar surface area (TPSA) is 129 Å². The Morgan fingerprint density at radius 1 is 1.18 bits per heavy atom. The number of aliphatic hydroxyl groups is 2. The largest absolute Gasteiger partial charge is 0.489 e. The van der Waals surface area contributed by atoms with E-state index in [1.807, 2.05) is 6.07 Å². The fraction of sp³-hybridized carbons (Fsp3) is 0.571. The number of esters is 1. The number of aliphatic hydroxyl groups excluding tert-OH is 2. The summed E-state index contributed by atoms with van der Waals surface area (Å²) >= 11 is 7.11. The van der Waals surface area contributed by atoms with E-state index in [1.54, 1.807) is 6.20 Å². The summed E-state index contributed by atoms with van der Waals surface area (Å²) in [7, 11) is 1.27. The standard InChI is InChI=1S/C21H27Br2NO9/c1-28-21(27)15-8-12(26)9-17(32-15)33-16-11-24-14-10-13(22)20(19(23)18(14)16)31-7-6-30-5-4-29-3-2-25/h10-12,15,17,24-26H,2-9H2,1H3/t12-,15-,17-/m0/s1. The summed E-state index contributed by atoms with van der Waals surface area (Å²) in [6, 6.07) is 1.86. The highest BCUT2D eigenvalue weighted by atomic mass is 79.9. The average Bonchev–Trinajstić information content (AvgIpc) is 3.18. The Labute approximate surface area is 207 Å². The van der Waals surface area contributed by atoms with Crippen molar-refractivity contribution in [2.45, 2.75) is 31.3 Å². The number of H-pyrrole nitrogens is 1. The Kier molecular flexibility index (Phi) is 10.2. The predicted octanol–water partition coefficient (Wildman–Crippen LogP) is 2.52. The Morgan fingerprint density at radius 2 is 1.91 bits per heavy atom. The van der Waals surface area contributed by atoms with Gasteiger partial charge in [-0.2, -0.15) is 0 Å². The van der Waals surface area contributed by atoms with Crippen LogP contribution < -0.4 is 9.47 Å². The summed E-state index contributed by atoms with van der Waals surface area (Å²) in [5, 5.41) is 19.5. The molecule has 1 fully saturated rings. The van der Waals surface area contributed by atoms with E-state index in [0.29, 0.717) is 42.4 Å². The van der Waals surface area contributed by atoms with Crippen molar-refractivity contribution in [2.24, 2.45) is 0 Å². The number of benzene rings is 1. The van der Waals surface area contributed by atoms with Gasteiger partial charge in [-0.1, -0.05) is 0 Å². The molecular weight excluding hydrogens is 570 g/mol. The molecule has 10 nitrogen and oxygen atoms in total. The molecular formula is C21H27Br2NO9. The molecule has 3 rings (SSSR count). The second-order valence-electron chi connectivity index (χ2n) is 7.19. The van der Waals surface area contributed by atoms with E-state index >= 15 is 0 Å². The second-order valence-corrected chi connectivity index (χ2v) is 8.84. The van der Waals surface area contributed by atoms with E-state index in [9.17, 15) is 9.90 Å². The zero-order valence-corrected chi connectivity index (χ0v) is 21.2. The number of hydrogen-bond acceptors (Lipinski definition) is 9. The summed E-state index contributed by atoms with van der Waals surface area (Å²) in [6.45, 7) is 1.74. The quantitative estimate of drug-likeness (QED) is 0.250. The minimum atomic E-state index is -0.889. The van der Waals surface area contributed by atoms with Crippen LogP contribution >= 0.6 is 31.9 Å². The number of carbonyl (C=O) groups is 1. The lowest BCUT2D eigenvalue weighted by molar-refractivity contribution is -0.197. The SMILES string of the molecule is COC(=O)[C@@H]1C[C@H](O)C[C@H](Oc2c[nH]c3cc(Br)c(OCCOCCOCCO)c(Br)c23)O1. The first-order valence-electron chi connectivity index (χ1n) is 10.4. The smallest absolute Gasteiger partial charge is 0.335 e. The molecule has 2 heterocycles. The van der Waals surface area contributed by atoms with Gasteiger partial charge in [-0.25, -0.2) is 4.79 Å². The van der Waals surface area contributed by atoms with Crippen molar-refractivity contribution < 1.29 is 43.4 Å². The molecule has 0 saturated carbocycles. The van der Waals surface area contributed by atoms with Gasteiger partial charge in [0.1, 0.15) is 18.1 Å². The van der Waals surface area contributed by atoms with Crippen LogP contribution in [0.2, 0.25) is 0 Å². The fourth-order valence-corrected chi connectivity index (χ4v) is 4.89. The van der Waals surface area contributed by atoms with Crippen LogP contribution in [0.3, 0.4) is 0 Å². The van der Waals surface area contributed by atoms with Gasteiger partial charge in [0.2, 0.25) is 6.29 Å². The van der Waals surface area contributed by atoms with Crippen LogP contribution in [-0.4, -0.2) is 86.4 Å². The highest BCUT2D eigenvalue weighted by molar-refractivity contribution is 9.11. The van der Waals surface area contributed by atoms with E-state index in [-0.39, 0.29) is 26.1 Å². The highest BCUT2D eigenvalue weighted by Gasteiger charge is 2.35. The van der Waals surface area contributed by atoms with Crippen molar-refractivity contribution in [1.29, 1.82) is 0 Å². The van der Waals surface area contributed by atoms with E-state index in [0.717, 1.165) is 15.4 Å². The van der Waals surface area contributed by atoms with E-state index < -0.39 is 24.5 Å². The number of hydrogen-bond donors (Lipinski definition) is 3. The van der Waals surface area contributed by atoms with Gasteiger partial charge in [-0.05, 0) is 37.9 Å². The molecule has 0 amide bonds. The van der Waals surface area contributed by atoms with Crippen LogP contribution in [0, 0.1) is 0 Å². The Morgan fingerprint density at radius 3 is 2.64 bits per heavy atom. The molecule has 1 aromatic heterocycles. The van der Waals surface area contributed by atoms with Crippen molar-refractivity contribution in [1.82, 2.24) is 4.98 Å². The molecule has 1 aliphatic rings. The van der Waals surface area contributed by atoms with Crippen molar-refractivity contribution in [3.05, 3.63) is 21.2 Å². The first-order chi connectivity index (χ1) is 15.9. The van der Waals surface area contributed by atoms with Crippen LogP contribution in [0.15, 0.2) is 21.2 Å². The number of nitrogens with one attached hydrogen (secondary N) is 1. The molecule has 3 N–H and O–H groups in total. The van der Waals surface area contributed by atoms with Gasteiger partial charge in [0.05, 0.1) is 66.1 Å². The lowest BCUT2D eigenvalue weighted by Crippen LogP contribution is -2.42. The molecule has 1 aromatic carbocycles. The average molecular weight is 597 g/mol. The van der Waals surface area contributed by atoms with Crippen LogP contribution in [0.4, 0.5) is 0 Å². The molecule has 2 aromatic rings. The van der Waals surface area contributed by atoms with Crippen molar-refractivity contribution >= 4 is 48.7 Å². The number of methoxy groups -OCH3 is 1. The van der Waals surface area contributed by atoms with Gasteiger partial charge in [0, 0.05) is 19.0 Å². The summed E-state index contributed by atoms with van der Waals surface area (Å²) in [5.41, 5.74) is 0.786. The van der Waals surface area contributed by atoms with Gasteiger partial charge in [-0.3, -0.25) is 0 Å².